The Balaban J connectivity index is 1.40. The zero-order chi connectivity index (χ0) is 26.3. The molecular formula is C30H37N5O3. The zero-order valence-electron chi connectivity index (χ0n) is 22.4. The lowest BCUT2D eigenvalue weighted by molar-refractivity contribution is 0.0369. The molecule has 1 fully saturated rings. The first kappa shape index (κ1) is 26.2. The Bertz CT molecular complexity index is 1350. The van der Waals surface area contributed by atoms with Crippen molar-refractivity contribution >= 4 is 16.7 Å². The highest BCUT2D eigenvalue weighted by molar-refractivity contribution is 6.05. The van der Waals surface area contributed by atoms with Crippen molar-refractivity contribution < 1.29 is 14.3 Å². The molecule has 0 aliphatic carbocycles. The van der Waals surface area contributed by atoms with Gasteiger partial charge in [0.1, 0.15) is 0 Å². The molecule has 0 saturated carbocycles. The monoisotopic (exact) mass is 515 g/mol. The second-order valence-corrected chi connectivity index (χ2v) is 9.89. The predicted octanol–water partition coefficient (Wildman–Crippen LogP) is 3.99. The van der Waals surface area contributed by atoms with Gasteiger partial charge < -0.3 is 23.5 Å². The number of hydrogen-bond acceptors (Lipinski definition) is 5. The van der Waals surface area contributed by atoms with Crippen molar-refractivity contribution in [3.63, 3.8) is 0 Å². The fourth-order valence-electron chi connectivity index (χ4n) is 5.14. The van der Waals surface area contributed by atoms with E-state index in [1.165, 1.54) is 0 Å². The summed E-state index contributed by atoms with van der Waals surface area (Å²) in [5.41, 5.74) is 3.82. The summed E-state index contributed by atoms with van der Waals surface area (Å²) in [4.78, 5) is 22.2. The standard InChI is InChI=1S/C30H37N5O3/c1-32(13-16-37-2)30(36)29-22-34(21-28(29)27-10-5-8-24-7-3-4-9-26(24)27)20-25-19-31-23-35(25)12-6-11-33-14-17-38-18-15-33/h3-5,7-10,19,21-23H,6,11-18,20H2,1-2H3. The van der Waals surface area contributed by atoms with Crippen LogP contribution in [0, 0.1) is 0 Å². The van der Waals surface area contributed by atoms with Gasteiger partial charge in [-0.3, -0.25) is 9.69 Å². The van der Waals surface area contributed by atoms with Gasteiger partial charge in [-0.15, -0.1) is 0 Å². The van der Waals surface area contributed by atoms with E-state index in [1.54, 1.807) is 12.0 Å². The molecule has 0 atom stereocenters. The van der Waals surface area contributed by atoms with Gasteiger partial charge in [0.15, 0.2) is 0 Å². The quantitative estimate of drug-likeness (QED) is 0.302. The number of carbonyl (C=O) groups excluding carboxylic acids is 1. The summed E-state index contributed by atoms with van der Waals surface area (Å²) >= 11 is 0. The fourth-order valence-corrected chi connectivity index (χ4v) is 5.14. The van der Waals surface area contributed by atoms with Crippen LogP contribution in [0.2, 0.25) is 0 Å². The first-order chi connectivity index (χ1) is 18.6. The highest BCUT2D eigenvalue weighted by Gasteiger charge is 2.21. The lowest BCUT2D eigenvalue weighted by Gasteiger charge is -2.26. The average molecular weight is 516 g/mol. The molecule has 5 rings (SSSR count). The van der Waals surface area contributed by atoms with Crippen LogP contribution in [0.3, 0.4) is 0 Å². The Morgan fingerprint density at radius 3 is 2.71 bits per heavy atom. The molecule has 38 heavy (non-hydrogen) atoms. The van der Waals surface area contributed by atoms with Crippen LogP contribution in [0.1, 0.15) is 22.5 Å². The third-order valence-corrected chi connectivity index (χ3v) is 7.29. The van der Waals surface area contributed by atoms with Gasteiger partial charge in [0.25, 0.3) is 5.91 Å². The molecule has 0 radical (unpaired) electrons. The number of fused-ring (bicyclic) bond motifs is 1. The van der Waals surface area contributed by atoms with E-state index in [1.807, 2.05) is 37.9 Å². The van der Waals surface area contributed by atoms with E-state index in [-0.39, 0.29) is 5.91 Å². The zero-order valence-corrected chi connectivity index (χ0v) is 22.4. The number of likely N-dealkylation sites (N-methyl/N-ethyl adjacent to an activating group) is 1. The molecule has 2 aromatic carbocycles. The van der Waals surface area contributed by atoms with Gasteiger partial charge in [0, 0.05) is 71.0 Å². The number of morpholine rings is 1. The number of aryl methyl sites for hydroxylation is 1. The molecule has 0 spiro atoms. The van der Waals surface area contributed by atoms with Crippen molar-refractivity contribution in [2.45, 2.75) is 19.5 Å². The number of amides is 1. The number of hydrogen-bond donors (Lipinski definition) is 0. The lowest BCUT2D eigenvalue weighted by Crippen LogP contribution is -2.37. The third kappa shape index (κ3) is 5.99. The van der Waals surface area contributed by atoms with Crippen LogP contribution in [0.4, 0.5) is 0 Å². The molecule has 0 N–H and O–H groups in total. The van der Waals surface area contributed by atoms with Gasteiger partial charge in [0.2, 0.25) is 0 Å². The number of aromatic nitrogens is 3. The van der Waals surface area contributed by atoms with Crippen LogP contribution < -0.4 is 0 Å². The SMILES string of the molecule is COCCN(C)C(=O)c1cn(Cc2cncn2CCCN2CCOCC2)cc1-c1cccc2ccccc12. The number of ether oxygens (including phenoxy) is 2. The topological polar surface area (TPSA) is 64.8 Å². The summed E-state index contributed by atoms with van der Waals surface area (Å²) in [7, 11) is 3.48. The van der Waals surface area contributed by atoms with Crippen molar-refractivity contribution in [2.75, 3.05) is 60.2 Å². The summed E-state index contributed by atoms with van der Waals surface area (Å²) in [6.07, 6.45) is 8.98. The summed E-state index contributed by atoms with van der Waals surface area (Å²) in [6.45, 7) is 7.30. The maximum Gasteiger partial charge on any atom is 0.255 e. The summed E-state index contributed by atoms with van der Waals surface area (Å²) in [5, 5.41) is 2.29. The first-order valence-electron chi connectivity index (χ1n) is 13.4. The minimum Gasteiger partial charge on any atom is -0.383 e. The molecule has 8 heteroatoms. The molecule has 1 aliphatic heterocycles. The lowest BCUT2D eigenvalue weighted by atomic mass is 9.97. The van der Waals surface area contributed by atoms with Crippen molar-refractivity contribution in [3.05, 3.63) is 78.6 Å². The van der Waals surface area contributed by atoms with Gasteiger partial charge >= 0.3 is 0 Å². The normalized spacial score (nSPS) is 14.3. The number of carbonyl (C=O) groups is 1. The predicted molar refractivity (Wildman–Crippen MR) is 149 cm³/mol. The van der Waals surface area contributed by atoms with Crippen LogP contribution in [0.15, 0.2) is 67.4 Å². The fraction of sp³-hybridized carbons (Fsp3) is 0.400. The molecule has 1 aliphatic rings. The molecule has 4 aromatic rings. The van der Waals surface area contributed by atoms with E-state index in [0.717, 1.165) is 73.4 Å². The highest BCUT2D eigenvalue weighted by atomic mass is 16.5. The molecule has 3 heterocycles. The van der Waals surface area contributed by atoms with Crippen LogP contribution in [0.25, 0.3) is 21.9 Å². The number of benzene rings is 2. The maximum atomic E-state index is 13.6. The first-order valence-corrected chi connectivity index (χ1v) is 13.4. The van der Waals surface area contributed by atoms with Crippen molar-refractivity contribution in [2.24, 2.45) is 0 Å². The van der Waals surface area contributed by atoms with Crippen molar-refractivity contribution in [1.29, 1.82) is 0 Å². The van der Waals surface area contributed by atoms with Crippen LogP contribution in [-0.2, 0) is 22.6 Å². The van der Waals surface area contributed by atoms with Gasteiger partial charge in [-0.1, -0.05) is 42.5 Å². The van der Waals surface area contributed by atoms with Crippen LogP contribution >= 0.6 is 0 Å². The van der Waals surface area contributed by atoms with Gasteiger partial charge in [-0.2, -0.15) is 0 Å². The van der Waals surface area contributed by atoms with E-state index in [9.17, 15) is 4.79 Å². The molecule has 1 saturated heterocycles. The Morgan fingerprint density at radius 2 is 1.87 bits per heavy atom. The van der Waals surface area contributed by atoms with Gasteiger partial charge in [0.05, 0.1) is 44.0 Å². The molecule has 2 aromatic heterocycles. The summed E-state index contributed by atoms with van der Waals surface area (Å²) < 4.78 is 15.0. The Labute approximate surface area is 224 Å². The average Bonchev–Trinajstić information content (AvgIpc) is 3.58. The second-order valence-electron chi connectivity index (χ2n) is 9.89. The minimum absolute atomic E-state index is 0.0113. The Hall–Kier alpha value is -3.46. The molecular weight excluding hydrogens is 478 g/mol. The number of methoxy groups -OCH3 is 1. The Morgan fingerprint density at radius 1 is 1.05 bits per heavy atom. The summed E-state index contributed by atoms with van der Waals surface area (Å²) in [5.74, 6) is -0.0113. The van der Waals surface area contributed by atoms with Crippen LogP contribution in [-0.4, -0.2) is 90.0 Å². The van der Waals surface area contributed by atoms with Gasteiger partial charge in [-0.05, 0) is 22.8 Å². The summed E-state index contributed by atoms with van der Waals surface area (Å²) in [6, 6.07) is 14.6. The number of rotatable bonds is 11. The van der Waals surface area contributed by atoms with E-state index in [2.05, 4.69) is 55.5 Å². The van der Waals surface area contributed by atoms with E-state index >= 15 is 0 Å². The molecule has 8 nitrogen and oxygen atoms in total. The van der Waals surface area contributed by atoms with Crippen molar-refractivity contribution in [1.82, 2.24) is 23.9 Å². The third-order valence-electron chi connectivity index (χ3n) is 7.29. The largest absolute Gasteiger partial charge is 0.383 e. The smallest absolute Gasteiger partial charge is 0.255 e. The second kappa shape index (κ2) is 12.4. The maximum absolute atomic E-state index is 13.6. The molecule has 0 unspecified atom stereocenters. The van der Waals surface area contributed by atoms with E-state index in [0.29, 0.717) is 25.3 Å². The Kier molecular flexibility index (Phi) is 8.53. The molecule has 200 valence electrons. The van der Waals surface area contributed by atoms with Crippen molar-refractivity contribution in [3.8, 4) is 11.1 Å². The van der Waals surface area contributed by atoms with Gasteiger partial charge in [-0.25, -0.2) is 4.98 Å². The highest BCUT2D eigenvalue weighted by Crippen LogP contribution is 2.32. The number of nitrogens with zero attached hydrogens (tertiary/aromatic N) is 5. The van der Waals surface area contributed by atoms with E-state index < -0.39 is 0 Å². The molecule has 0 bridgehead atoms. The number of imidazole rings is 1. The van der Waals surface area contributed by atoms with Crippen LogP contribution in [0.5, 0.6) is 0 Å². The minimum atomic E-state index is -0.0113. The van der Waals surface area contributed by atoms with E-state index in [4.69, 9.17) is 9.47 Å². The molecule has 1 amide bonds.